The number of rotatable bonds is 1. The summed E-state index contributed by atoms with van der Waals surface area (Å²) in [5.74, 6) is 6.00. The van der Waals surface area contributed by atoms with E-state index >= 15 is 0 Å². The Hall–Kier alpha value is -1.95. The molecule has 7 heteroatoms. The molecule has 0 spiro atoms. The molecule has 1 aromatic carbocycles. The average molecular weight is 320 g/mol. The van der Waals surface area contributed by atoms with Crippen LogP contribution in [0.1, 0.15) is 11.3 Å². The number of hydrogen-bond donors (Lipinski definition) is 2. The SMILES string of the molecule is NNC1=Nc2ccc(Cl)nc2C(c2ccccc2Cl)=NC1. The third kappa shape index (κ3) is 2.76. The largest absolute Gasteiger partial charge is 0.310 e. The number of pyridine rings is 1. The first-order valence-corrected chi connectivity index (χ1v) is 6.95. The van der Waals surface area contributed by atoms with Gasteiger partial charge in [0, 0.05) is 5.56 Å². The Morgan fingerprint density at radius 2 is 1.90 bits per heavy atom. The molecule has 0 bridgehead atoms. The fourth-order valence-electron chi connectivity index (χ4n) is 2.05. The summed E-state index contributed by atoms with van der Waals surface area (Å²) in [4.78, 5) is 13.3. The standard InChI is InChI=1S/C14H11Cl2N5/c15-9-4-2-1-3-8(9)13-14-10(5-6-11(16)20-14)19-12(21-17)7-18-13/h1-6H,7,17H2,(H,19,21). The lowest BCUT2D eigenvalue weighted by Gasteiger charge is -2.09. The highest BCUT2D eigenvalue weighted by atomic mass is 35.5. The number of nitrogens with zero attached hydrogens (tertiary/aromatic N) is 3. The van der Waals surface area contributed by atoms with Crippen molar-refractivity contribution in [2.75, 3.05) is 6.54 Å². The zero-order valence-electron chi connectivity index (χ0n) is 10.8. The lowest BCUT2D eigenvalue weighted by molar-refractivity contribution is 0.992. The number of hydrazine groups is 1. The Bertz CT molecular complexity index is 755. The van der Waals surface area contributed by atoms with E-state index in [9.17, 15) is 0 Å². The summed E-state index contributed by atoms with van der Waals surface area (Å²) >= 11 is 12.3. The van der Waals surface area contributed by atoms with Crippen LogP contribution in [0.4, 0.5) is 5.69 Å². The first kappa shape index (κ1) is 14.0. The van der Waals surface area contributed by atoms with Gasteiger partial charge in [0.05, 0.1) is 23.0 Å². The van der Waals surface area contributed by atoms with E-state index < -0.39 is 0 Å². The van der Waals surface area contributed by atoms with Crippen LogP contribution in [0.15, 0.2) is 46.4 Å². The second kappa shape index (κ2) is 5.81. The van der Waals surface area contributed by atoms with E-state index in [4.69, 9.17) is 29.0 Å². The molecule has 0 fully saturated rings. The van der Waals surface area contributed by atoms with E-state index in [1.807, 2.05) is 18.2 Å². The first-order chi connectivity index (χ1) is 10.2. The van der Waals surface area contributed by atoms with E-state index in [0.717, 1.165) is 5.56 Å². The van der Waals surface area contributed by atoms with E-state index in [-0.39, 0.29) is 0 Å². The fourth-order valence-corrected chi connectivity index (χ4v) is 2.42. The number of nitrogens with one attached hydrogen (secondary N) is 1. The number of aromatic nitrogens is 1. The Kier molecular flexibility index (Phi) is 3.88. The zero-order chi connectivity index (χ0) is 14.8. The number of benzene rings is 1. The van der Waals surface area contributed by atoms with E-state index in [1.165, 1.54) is 0 Å². The van der Waals surface area contributed by atoms with Gasteiger partial charge in [-0.25, -0.2) is 15.8 Å². The smallest absolute Gasteiger partial charge is 0.138 e. The maximum atomic E-state index is 6.27. The molecule has 0 aliphatic carbocycles. The van der Waals surface area contributed by atoms with Crippen molar-refractivity contribution in [1.29, 1.82) is 0 Å². The molecular formula is C14H11Cl2N5. The maximum absolute atomic E-state index is 6.27. The Balaban J connectivity index is 2.22. The van der Waals surface area contributed by atoms with Crippen molar-refractivity contribution in [3.05, 3.63) is 57.8 Å². The van der Waals surface area contributed by atoms with Gasteiger partial charge in [-0.15, -0.1) is 0 Å². The van der Waals surface area contributed by atoms with Gasteiger partial charge in [0.1, 0.15) is 16.7 Å². The van der Waals surface area contributed by atoms with Crippen molar-refractivity contribution in [3.63, 3.8) is 0 Å². The fraction of sp³-hybridized carbons (Fsp3) is 0.0714. The molecule has 1 aliphatic heterocycles. The molecule has 0 atom stereocenters. The van der Waals surface area contributed by atoms with Crippen LogP contribution < -0.4 is 11.3 Å². The summed E-state index contributed by atoms with van der Waals surface area (Å²) in [6.45, 7) is 0.311. The van der Waals surface area contributed by atoms with Crippen LogP contribution in [0.25, 0.3) is 0 Å². The monoisotopic (exact) mass is 319 g/mol. The molecule has 106 valence electrons. The molecule has 5 nitrogen and oxygen atoms in total. The van der Waals surface area contributed by atoms with Crippen molar-refractivity contribution in [2.45, 2.75) is 0 Å². The number of aliphatic imine (C=N–C) groups is 2. The number of halogens is 2. The van der Waals surface area contributed by atoms with Crippen LogP contribution in [0, 0.1) is 0 Å². The molecule has 3 rings (SSSR count). The third-order valence-corrected chi connectivity index (χ3v) is 3.54. The van der Waals surface area contributed by atoms with Gasteiger partial charge >= 0.3 is 0 Å². The number of hydrogen-bond acceptors (Lipinski definition) is 5. The normalized spacial score (nSPS) is 13.9. The summed E-state index contributed by atoms with van der Waals surface area (Å²) in [5.41, 5.74) is 5.19. The van der Waals surface area contributed by atoms with E-state index in [1.54, 1.807) is 18.2 Å². The molecule has 0 radical (unpaired) electrons. The second-order valence-corrected chi connectivity index (χ2v) is 5.14. The molecule has 0 amide bonds. The molecule has 3 N–H and O–H groups in total. The lowest BCUT2D eigenvalue weighted by Crippen LogP contribution is -2.32. The van der Waals surface area contributed by atoms with Crippen molar-refractivity contribution in [3.8, 4) is 0 Å². The van der Waals surface area contributed by atoms with Crippen LogP contribution in [0.5, 0.6) is 0 Å². The molecule has 0 unspecified atom stereocenters. The predicted octanol–water partition coefficient (Wildman–Crippen LogP) is 2.73. The maximum Gasteiger partial charge on any atom is 0.138 e. The van der Waals surface area contributed by atoms with E-state index in [0.29, 0.717) is 39.6 Å². The summed E-state index contributed by atoms with van der Waals surface area (Å²) in [7, 11) is 0. The summed E-state index contributed by atoms with van der Waals surface area (Å²) in [6, 6.07) is 10.9. The molecule has 0 saturated heterocycles. The van der Waals surface area contributed by atoms with Crippen LogP contribution in [0.3, 0.4) is 0 Å². The number of nitrogens with two attached hydrogens (primary N) is 1. The molecule has 21 heavy (non-hydrogen) atoms. The van der Waals surface area contributed by atoms with Gasteiger partial charge in [-0.3, -0.25) is 4.99 Å². The van der Waals surface area contributed by atoms with Gasteiger partial charge in [0.15, 0.2) is 0 Å². The number of fused-ring (bicyclic) bond motifs is 1. The molecular weight excluding hydrogens is 309 g/mol. The highest BCUT2D eigenvalue weighted by molar-refractivity contribution is 6.36. The van der Waals surface area contributed by atoms with Crippen LogP contribution in [0.2, 0.25) is 10.2 Å². The Labute approximate surface area is 131 Å². The van der Waals surface area contributed by atoms with Crippen LogP contribution >= 0.6 is 23.2 Å². The summed E-state index contributed by atoms with van der Waals surface area (Å²) in [5, 5.41) is 0.959. The molecule has 0 saturated carbocycles. The van der Waals surface area contributed by atoms with Crippen LogP contribution in [-0.4, -0.2) is 23.1 Å². The molecule has 1 aromatic heterocycles. The summed E-state index contributed by atoms with van der Waals surface area (Å²) in [6.07, 6.45) is 0. The highest BCUT2D eigenvalue weighted by Gasteiger charge is 2.19. The Morgan fingerprint density at radius 3 is 2.67 bits per heavy atom. The summed E-state index contributed by atoms with van der Waals surface area (Å²) < 4.78 is 0. The minimum Gasteiger partial charge on any atom is -0.310 e. The highest BCUT2D eigenvalue weighted by Crippen LogP contribution is 2.28. The zero-order valence-corrected chi connectivity index (χ0v) is 12.4. The van der Waals surface area contributed by atoms with Gasteiger partial charge in [-0.1, -0.05) is 41.4 Å². The minimum absolute atomic E-state index is 0.311. The predicted molar refractivity (Wildman–Crippen MR) is 85.6 cm³/mol. The van der Waals surface area contributed by atoms with E-state index in [2.05, 4.69) is 20.4 Å². The lowest BCUT2D eigenvalue weighted by atomic mass is 10.1. The minimum atomic E-state index is 0.311. The van der Waals surface area contributed by atoms with Gasteiger partial charge < -0.3 is 5.43 Å². The van der Waals surface area contributed by atoms with Gasteiger partial charge in [0.25, 0.3) is 0 Å². The van der Waals surface area contributed by atoms with Crippen molar-refractivity contribution < 1.29 is 0 Å². The topological polar surface area (TPSA) is 75.7 Å². The molecule has 2 aromatic rings. The molecule has 1 aliphatic rings. The molecule has 2 heterocycles. The van der Waals surface area contributed by atoms with Gasteiger partial charge in [0.2, 0.25) is 0 Å². The van der Waals surface area contributed by atoms with Gasteiger partial charge in [-0.05, 0) is 18.2 Å². The van der Waals surface area contributed by atoms with Crippen LogP contribution in [-0.2, 0) is 0 Å². The quantitative estimate of drug-likeness (QED) is 0.482. The van der Waals surface area contributed by atoms with Crippen molar-refractivity contribution in [2.24, 2.45) is 15.8 Å². The van der Waals surface area contributed by atoms with Gasteiger partial charge in [-0.2, -0.15) is 0 Å². The second-order valence-electron chi connectivity index (χ2n) is 4.35. The average Bonchev–Trinajstić information content (AvgIpc) is 2.67. The van der Waals surface area contributed by atoms with Crippen molar-refractivity contribution in [1.82, 2.24) is 10.4 Å². The van der Waals surface area contributed by atoms with Crippen molar-refractivity contribution >= 4 is 40.4 Å². The first-order valence-electron chi connectivity index (χ1n) is 6.19. The third-order valence-electron chi connectivity index (χ3n) is 3.00. The Morgan fingerprint density at radius 1 is 1.10 bits per heavy atom. The number of amidine groups is 1.